The van der Waals surface area contributed by atoms with Crippen molar-refractivity contribution in [1.82, 2.24) is 15.8 Å². The van der Waals surface area contributed by atoms with Gasteiger partial charge in [-0.2, -0.15) is 0 Å². The highest BCUT2D eigenvalue weighted by Crippen LogP contribution is 2.22. The fourth-order valence-electron chi connectivity index (χ4n) is 2.67. The van der Waals surface area contributed by atoms with Crippen molar-refractivity contribution in [2.45, 2.75) is 46.2 Å². The molecule has 0 aromatic carbocycles. The minimum Gasteiger partial charge on any atom is -0.361 e. The van der Waals surface area contributed by atoms with E-state index in [-0.39, 0.29) is 18.0 Å². The Bertz CT molecular complexity index is 422. The summed E-state index contributed by atoms with van der Waals surface area (Å²) in [5.41, 5.74) is 1.82. The van der Waals surface area contributed by atoms with Gasteiger partial charge >= 0.3 is 0 Å². The highest BCUT2D eigenvalue weighted by atomic mass is 16.5. The van der Waals surface area contributed by atoms with E-state index in [4.69, 9.17) is 4.52 Å². The molecule has 0 radical (unpaired) electrons. The maximum Gasteiger partial charge on any atom is 0.237 e. The first kappa shape index (κ1) is 13.1. The van der Waals surface area contributed by atoms with Gasteiger partial charge in [0, 0.05) is 5.56 Å². The fourth-order valence-corrected chi connectivity index (χ4v) is 2.67. The summed E-state index contributed by atoms with van der Waals surface area (Å²) in [6.45, 7) is 8.74. The first-order chi connectivity index (χ1) is 8.50. The Morgan fingerprint density at radius 3 is 2.78 bits per heavy atom. The fraction of sp³-hybridized carbons (Fsp3) is 0.692. The Morgan fingerprint density at radius 1 is 1.56 bits per heavy atom. The third-order valence-corrected chi connectivity index (χ3v) is 3.70. The molecule has 1 aliphatic rings. The van der Waals surface area contributed by atoms with E-state index >= 15 is 0 Å². The molecule has 0 aliphatic carbocycles. The summed E-state index contributed by atoms with van der Waals surface area (Å²) in [7, 11) is 0. The maximum absolute atomic E-state index is 12.2. The second kappa shape index (κ2) is 5.10. The van der Waals surface area contributed by atoms with Crippen LogP contribution in [0.25, 0.3) is 0 Å². The monoisotopic (exact) mass is 251 g/mol. The zero-order chi connectivity index (χ0) is 13.3. The standard InChI is InChI=1S/C13H21N3O2/c1-7-5-6-14-12(7)13(17)15-8(2)11-9(3)16-18-10(11)4/h7-8,12,14H,5-6H2,1-4H3,(H,15,17). The van der Waals surface area contributed by atoms with Crippen LogP contribution in [0.3, 0.4) is 0 Å². The van der Waals surface area contributed by atoms with Gasteiger partial charge in [0.1, 0.15) is 5.76 Å². The van der Waals surface area contributed by atoms with Crippen molar-refractivity contribution in [2.24, 2.45) is 5.92 Å². The molecule has 1 saturated heterocycles. The van der Waals surface area contributed by atoms with Crippen molar-refractivity contribution in [3.05, 3.63) is 17.0 Å². The number of aryl methyl sites for hydroxylation is 2. The number of amides is 1. The molecule has 3 unspecified atom stereocenters. The van der Waals surface area contributed by atoms with Crippen molar-refractivity contribution in [1.29, 1.82) is 0 Å². The summed E-state index contributed by atoms with van der Waals surface area (Å²) in [4.78, 5) is 12.2. The smallest absolute Gasteiger partial charge is 0.237 e. The van der Waals surface area contributed by atoms with Gasteiger partial charge in [-0.25, -0.2) is 0 Å². The minimum absolute atomic E-state index is 0.0625. The maximum atomic E-state index is 12.2. The van der Waals surface area contributed by atoms with E-state index < -0.39 is 0 Å². The molecule has 2 rings (SSSR count). The second-order valence-electron chi connectivity index (χ2n) is 5.17. The molecule has 1 amide bonds. The molecule has 3 atom stereocenters. The van der Waals surface area contributed by atoms with Crippen LogP contribution in [-0.4, -0.2) is 23.7 Å². The van der Waals surface area contributed by atoms with Crippen molar-refractivity contribution < 1.29 is 9.32 Å². The Balaban J connectivity index is 2.03. The molecule has 100 valence electrons. The molecular weight excluding hydrogens is 230 g/mol. The Hall–Kier alpha value is -1.36. The molecule has 18 heavy (non-hydrogen) atoms. The van der Waals surface area contributed by atoms with Gasteiger partial charge in [0.05, 0.1) is 17.8 Å². The van der Waals surface area contributed by atoms with Crippen LogP contribution in [0.1, 0.15) is 43.3 Å². The van der Waals surface area contributed by atoms with E-state index in [0.29, 0.717) is 5.92 Å². The highest BCUT2D eigenvalue weighted by molar-refractivity contribution is 5.82. The SMILES string of the molecule is Cc1noc(C)c1C(C)NC(=O)C1NCCC1C. The van der Waals surface area contributed by atoms with Crippen molar-refractivity contribution in [3.8, 4) is 0 Å². The number of carbonyl (C=O) groups excluding carboxylic acids is 1. The van der Waals surface area contributed by atoms with Crippen LogP contribution in [0.4, 0.5) is 0 Å². The van der Waals surface area contributed by atoms with Gasteiger partial charge in [-0.15, -0.1) is 0 Å². The van der Waals surface area contributed by atoms with Crippen LogP contribution in [-0.2, 0) is 4.79 Å². The topological polar surface area (TPSA) is 67.2 Å². The van der Waals surface area contributed by atoms with Crippen LogP contribution in [0.15, 0.2) is 4.52 Å². The summed E-state index contributed by atoms with van der Waals surface area (Å²) in [5.74, 6) is 1.22. The molecule has 0 saturated carbocycles. The van der Waals surface area contributed by atoms with Crippen LogP contribution >= 0.6 is 0 Å². The zero-order valence-electron chi connectivity index (χ0n) is 11.4. The van der Waals surface area contributed by atoms with E-state index in [1.807, 2.05) is 20.8 Å². The largest absolute Gasteiger partial charge is 0.361 e. The average molecular weight is 251 g/mol. The van der Waals surface area contributed by atoms with E-state index in [9.17, 15) is 4.79 Å². The van der Waals surface area contributed by atoms with Crippen molar-refractivity contribution >= 4 is 5.91 Å². The molecule has 1 aromatic rings. The van der Waals surface area contributed by atoms with E-state index in [0.717, 1.165) is 30.0 Å². The summed E-state index contributed by atoms with van der Waals surface area (Å²) < 4.78 is 5.13. The molecule has 2 heterocycles. The molecule has 5 nitrogen and oxygen atoms in total. The molecule has 5 heteroatoms. The Morgan fingerprint density at radius 2 is 2.28 bits per heavy atom. The molecule has 0 spiro atoms. The van der Waals surface area contributed by atoms with Gasteiger partial charge in [-0.1, -0.05) is 12.1 Å². The number of nitrogens with one attached hydrogen (secondary N) is 2. The number of carbonyl (C=O) groups is 1. The molecule has 2 N–H and O–H groups in total. The number of nitrogens with zero attached hydrogens (tertiary/aromatic N) is 1. The van der Waals surface area contributed by atoms with E-state index in [2.05, 4.69) is 22.7 Å². The summed E-state index contributed by atoms with van der Waals surface area (Å²) in [5, 5.41) is 10.2. The van der Waals surface area contributed by atoms with Gasteiger partial charge in [-0.05, 0) is 39.7 Å². The summed E-state index contributed by atoms with van der Waals surface area (Å²) >= 11 is 0. The van der Waals surface area contributed by atoms with E-state index in [1.165, 1.54) is 0 Å². The lowest BCUT2D eigenvalue weighted by Crippen LogP contribution is -2.44. The van der Waals surface area contributed by atoms with Gasteiger partial charge in [0.15, 0.2) is 0 Å². The van der Waals surface area contributed by atoms with Gasteiger partial charge in [0.2, 0.25) is 5.91 Å². The van der Waals surface area contributed by atoms with Gasteiger partial charge in [0.25, 0.3) is 0 Å². The van der Waals surface area contributed by atoms with Crippen LogP contribution in [0.5, 0.6) is 0 Å². The summed E-state index contributed by atoms with van der Waals surface area (Å²) in [6, 6.07) is -0.147. The predicted octanol–water partition coefficient (Wildman–Crippen LogP) is 1.47. The number of hydrogen-bond donors (Lipinski definition) is 2. The highest BCUT2D eigenvalue weighted by Gasteiger charge is 2.30. The van der Waals surface area contributed by atoms with Gasteiger partial charge in [-0.3, -0.25) is 4.79 Å². The van der Waals surface area contributed by atoms with Gasteiger partial charge < -0.3 is 15.2 Å². The molecule has 0 bridgehead atoms. The van der Waals surface area contributed by atoms with Crippen LogP contribution in [0, 0.1) is 19.8 Å². The number of aromatic nitrogens is 1. The lowest BCUT2D eigenvalue weighted by Gasteiger charge is -2.19. The van der Waals surface area contributed by atoms with Crippen LogP contribution in [0.2, 0.25) is 0 Å². The van der Waals surface area contributed by atoms with Crippen molar-refractivity contribution in [3.63, 3.8) is 0 Å². The molecule has 1 fully saturated rings. The lowest BCUT2D eigenvalue weighted by molar-refractivity contribution is -0.124. The van der Waals surface area contributed by atoms with E-state index in [1.54, 1.807) is 0 Å². The zero-order valence-corrected chi connectivity index (χ0v) is 11.4. The first-order valence-corrected chi connectivity index (χ1v) is 6.47. The average Bonchev–Trinajstić information content (AvgIpc) is 2.85. The number of hydrogen-bond acceptors (Lipinski definition) is 4. The first-order valence-electron chi connectivity index (χ1n) is 6.47. The Labute approximate surface area is 107 Å². The molecular formula is C13H21N3O2. The third-order valence-electron chi connectivity index (χ3n) is 3.70. The van der Waals surface area contributed by atoms with Crippen molar-refractivity contribution in [2.75, 3.05) is 6.54 Å². The quantitative estimate of drug-likeness (QED) is 0.853. The van der Waals surface area contributed by atoms with Crippen LogP contribution < -0.4 is 10.6 Å². The lowest BCUT2D eigenvalue weighted by atomic mass is 10.0. The summed E-state index contributed by atoms with van der Waals surface area (Å²) in [6.07, 6.45) is 1.05. The molecule has 1 aromatic heterocycles. The number of rotatable bonds is 3. The normalized spacial score (nSPS) is 25.1. The second-order valence-corrected chi connectivity index (χ2v) is 5.17. The Kier molecular flexibility index (Phi) is 3.71. The molecule has 1 aliphatic heterocycles. The third kappa shape index (κ3) is 2.41. The predicted molar refractivity (Wildman–Crippen MR) is 68.1 cm³/mol. The minimum atomic E-state index is -0.0760.